The lowest BCUT2D eigenvalue weighted by atomic mass is 10.2. The topological polar surface area (TPSA) is 84.5 Å². The van der Waals surface area contributed by atoms with E-state index < -0.39 is 12.0 Å². The third-order valence-corrected chi connectivity index (χ3v) is 3.50. The van der Waals surface area contributed by atoms with Gasteiger partial charge in [0.25, 0.3) is 5.91 Å². The van der Waals surface area contributed by atoms with E-state index in [2.05, 4.69) is 10.6 Å². The molecule has 116 valence electrons. The Labute approximate surface area is 127 Å². The van der Waals surface area contributed by atoms with E-state index in [4.69, 9.17) is 4.74 Å². The molecule has 0 aliphatic rings. The van der Waals surface area contributed by atoms with E-state index in [0.717, 1.165) is 0 Å². The summed E-state index contributed by atoms with van der Waals surface area (Å²) >= 11 is 1.37. The lowest BCUT2D eigenvalue weighted by Gasteiger charge is -2.12. The monoisotopic (exact) mass is 312 g/mol. The highest BCUT2D eigenvalue weighted by Crippen LogP contribution is 2.07. The zero-order chi connectivity index (χ0) is 15.7. The van der Waals surface area contributed by atoms with Crippen LogP contribution in [0.3, 0.4) is 0 Å². The highest BCUT2D eigenvalue weighted by molar-refractivity contribution is 7.12. The zero-order valence-corrected chi connectivity index (χ0v) is 13.0. The third kappa shape index (κ3) is 6.40. The van der Waals surface area contributed by atoms with Crippen LogP contribution in [0, 0.1) is 0 Å². The molecule has 0 saturated carbocycles. The number of nitrogens with one attached hydrogen (secondary N) is 2. The molecule has 0 spiro atoms. The second-order valence-electron chi connectivity index (χ2n) is 4.38. The van der Waals surface area contributed by atoms with E-state index in [1.165, 1.54) is 11.3 Å². The quantitative estimate of drug-likeness (QED) is 0.560. The van der Waals surface area contributed by atoms with Gasteiger partial charge >= 0.3 is 5.97 Å². The predicted octanol–water partition coefficient (Wildman–Crippen LogP) is 1.33. The first-order valence-corrected chi connectivity index (χ1v) is 7.70. The summed E-state index contributed by atoms with van der Waals surface area (Å²) in [5.74, 6) is -0.817. The fourth-order valence-electron chi connectivity index (χ4n) is 1.59. The fraction of sp³-hybridized carbons (Fsp3) is 0.500. The molecule has 2 amide bonds. The van der Waals surface area contributed by atoms with Gasteiger partial charge in [0, 0.05) is 13.0 Å². The van der Waals surface area contributed by atoms with Crippen LogP contribution in [0.2, 0.25) is 0 Å². The third-order valence-electron chi connectivity index (χ3n) is 2.63. The Morgan fingerprint density at radius 2 is 2.14 bits per heavy atom. The molecule has 1 heterocycles. The highest BCUT2D eigenvalue weighted by atomic mass is 32.1. The molecule has 0 aliphatic heterocycles. The van der Waals surface area contributed by atoms with Crippen LogP contribution in [-0.4, -0.2) is 37.0 Å². The maximum absolute atomic E-state index is 11.6. The van der Waals surface area contributed by atoms with Crippen molar-refractivity contribution in [3.63, 3.8) is 0 Å². The van der Waals surface area contributed by atoms with Crippen molar-refractivity contribution in [3.05, 3.63) is 22.4 Å². The number of esters is 1. The van der Waals surface area contributed by atoms with Crippen LogP contribution < -0.4 is 10.6 Å². The van der Waals surface area contributed by atoms with E-state index in [1.54, 1.807) is 19.9 Å². The van der Waals surface area contributed by atoms with Crippen LogP contribution in [0.15, 0.2) is 17.5 Å². The standard InChI is InChI=1S/C14H20N2O4S/c1-3-20-14(19)10(2)16-12(17)7-4-8-15-13(18)11-6-5-9-21-11/h5-6,9-10H,3-4,7-8H2,1-2H3,(H,15,18)(H,16,17). The van der Waals surface area contributed by atoms with Gasteiger partial charge in [-0.3, -0.25) is 9.59 Å². The lowest BCUT2D eigenvalue weighted by Crippen LogP contribution is -2.39. The molecule has 7 heteroatoms. The van der Waals surface area contributed by atoms with Gasteiger partial charge in [-0.15, -0.1) is 11.3 Å². The summed E-state index contributed by atoms with van der Waals surface area (Å²) in [5, 5.41) is 7.13. The number of amides is 2. The van der Waals surface area contributed by atoms with Crippen molar-refractivity contribution in [2.75, 3.05) is 13.2 Å². The second-order valence-corrected chi connectivity index (χ2v) is 5.33. The molecule has 0 aromatic carbocycles. The average molecular weight is 312 g/mol. The second kappa shape index (κ2) is 9.12. The molecule has 2 N–H and O–H groups in total. The Morgan fingerprint density at radius 3 is 2.76 bits per heavy atom. The number of carbonyl (C=O) groups excluding carboxylic acids is 3. The Morgan fingerprint density at radius 1 is 1.38 bits per heavy atom. The zero-order valence-electron chi connectivity index (χ0n) is 12.2. The van der Waals surface area contributed by atoms with Crippen molar-refractivity contribution in [1.29, 1.82) is 0 Å². The molecule has 1 rings (SSSR count). The Kier molecular flexibility index (Phi) is 7.45. The van der Waals surface area contributed by atoms with Gasteiger partial charge in [-0.05, 0) is 31.7 Å². The van der Waals surface area contributed by atoms with E-state index in [9.17, 15) is 14.4 Å². The Hall–Kier alpha value is -1.89. The van der Waals surface area contributed by atoms with Crippen LogP contribution in [0.5, 0.6) is 0 Å². The van der Waals surface area contributed by atoms with Crippen LogP contribution in [0.4, 0.5) is 0 Å². The van der Waals surface area contributed by atoms with Crippen molar-refractivity contribution in [2.45, 2.75) is 32.7 Å². The summed E-state index contributed by atoms with van der Waals surface area (Å²) in [6.45, 7) is 3.99. The molecule has 1 unspecified atom stereocenters. The Bertz CT molecular complexity index is 473. The number of rotatable bonds is 8. The largest absolute Gasteiger partial charge is 0.464 e. The van der Waals surface area contributed by atoms with E-state index in [0.29, 0.717) is 17.8 Å². The maximum Gasteiger partial charge on any atom is 0.328 e. The minimum absolute atomic E-state index is 0.134. The van der Waals surface area contributed by atoms with Gasteiger partial charge in [0.1, 0.15) is 6.04 Å². The first kappa shape index (κ1) is 17.2. The normalized spacial score (nSPS) is 11.5. The first-order valence-electron chi connectivity index (χ1n) is 6.82. The minimum Gasteiger partial charge on any atom is -0.464 e. The predicted molar refractivity (Wildman–Crippen MR) is 80.1 cm³/mol. The SMILES string of the molecule is CCOC(=O)C(C)NC(=O)CCCNC(=O)c1cccs1. The molecule has 0 radical (unpaired) electrons. The number of carbonyl (C=O) groups is 3. The van der Waals surface area contributed by atoms with Gasteiger partial charge in [-0.25, -0.2) is 4.79 Å². The van der Waals surface area contributed by atoms with Gasteiger partial charge in [-0.1, -0.05) is 6.07 Å². The number of ether oxygens (including phenoxy) is 1. The number of hydrogen-bond donors (Lipinski definition) is 2. The Balaban J connectivity index is 2.16. The highest BCUT2D eigenvalue weighted by Gasteiger charge is 2.16. The summed E-state index contributed by atoms with van der Waals surface area (Å²) in [7, 11) is 0. The van der Waals surface area contributed by atoms with Crippen molar-refractivity contribution < 1.29 is 19.1 Å². The summed E-state index contributed by atoms with van der Waals surface area (Å²) < 4.78 is 4.79. The van der Waals surface area contributed by atoms with Crippen molar-refractivity contribution in [3.8, 4) is 0 Å². The summed E-state index contributed by atoms with van der Waals surface area (Å²) in [5.41, 5.74) is 0. The number of thiophene rings is 1. The maximum atomic E-state index is 11.6. The molecule has 0 bridgehead atoms. The smallest absolute Gasteiger partial charge is 0.328 e. The van der Waals surface area contributed by atoms with Gasteiger partial charge in [0.15, 0.2) is 0 Å². The van der Waals surface area contributed by atoms with Gasteiger partial charge in [-0.2, -0.15) is 0 Å². The molecule has 1 aromatic heterocycles. The molecule has 21 heavy (non-hydrogen) atoms. The molecule has 1 atom stereocenters. The molecular weight excluding hydrogens is 292 g/mol. The van der Waals surface area contributed by atoms with Crippen molar-refractivity contribution in [1.82, 2.24) is 10.6 Å². The molecular formula is C14H20N2O4S. The molecule has 0 saturated heterocycles. The van der Waals surface area contributed by atoms with E-state index in [-0.39, 0.29) is 24.8 Å². The lowest BCUT2D eigenvalue weighted by molar-refractivity contribution is -0.146. The van der Waals surface area contributed by atoms with Crippen LogP contribution in [0.1, 0.15) is 36.4 Å². The minimum atomic E-state index is -0.654. The molecule has 6 nitrogen and oxygen atoms in total. The van der Waals surface area contributed by atoms with Gasteiger partial charge < -0.3 is 15.4 Å². The van der Waals surface area contributed by atoms with E-state index >= 15 is 0 Å². The molecule has 0 aliphatic carbocycles. The summed E-state index contributed by atoms with van der Waals surface area (Å²) in [6.07, 6.45) is 0.757. The molecule has 1 aromatic rings. The van der Waals surface area contributed by atoms with E-state index in [1.807, 2.05) is 11.4 Å². The summed E-state index contributed by atoms with van der Waals surface area (Å²) in [6, 6.07) is 2.90. The van der Waals surface area contributed by atoms with Crippen molar-refractivity contribution in [2.24, 2.45) is 0 Å². The van der Waals surface area contributed by atoms with Crippen molar-refractivity contribution >= 4 is 29.1 Å². The van der Waals surface area contributed by atoms with Crippen LogP contribution in [0.25, 0.3) is 0 Å². The average Bonchev–Trinajstić information content (AvgIpc) is 2.97. The number of hydrogen-bond acceptors (Lipinski definition) is 5. The van der Waals surface area contributed by atoms with Crippen LogP contribution >= 0.6 is 11.3 Å². The van der Waals surface area contributed by atoms with Gasteiger partial charge in [0.05, 0.1) is 11.5 Å². The fourth-order valence-corrected chi connectivity index (χ4v) is 2.23. The first-order chi connectivity index (χ1) is 10.0. The van der Waals surface area contributed by atoms with Crippen LogP contribution in [-0.2, 0) is 14.3 Å². The van der Waals surface area contributed by atoms with Gasteiger partial charge in [0.2, 0.25) is 5.91 Å². The molecule has 0 fully saturated rings. The summed E-state index contributed by atoms with van der Waals surface area (Å²) in [4.78, 5) is 35.2.